The first-order valence-corrected chi connectivity index (χ1v) is 11.3. The summed E-state index contributed by atoms with van der Waals surface area (Å²) in [4.78, 5) is 0. The van der Waals surface area contributed by atoms with Crippen molar-refractivity contribution in [3.8, 4) is 0 Å². The van der Waals surface area contributed by atoms with Crippen LogP contribution < -0.4 is 29.6 Å². The van der Waals surface area contributed by atoms with Gasteiger partial charge in [0.1, 0.15) is 0 Å². The summed E-state index contributed by atoms with van der Waals surface area (Å²) in [6.45, 7) is 2.17. The zero-order valence-corrected chi connectivity index (χ0v) is 19.2. The Balaban J connectivity index is 0. The fourth-order valence-electron chi connectivity index (χ4n) is 2.73. The molecule has 0 saturated heterocycles. The first-order valence-electron chi connectivity index (χ1n) is 9.74. The molecule has 1 N–H and O–H groups in total. The first-order chi connectivity index (χ1) is 11.5. The van der Waals surface area contributed by atoms with Crippen LogP contribution in [-0.4, -0.2) is 29.9 Å². The minimum absolute atomic E-state index is 0. The fraction of sp³-hybridized carbons (Fsp3) is 0.895. The summed E-state index contributed by atoms with van der Waals surface area (Å²) in [5, 5.41) is 9.74. The van der Waals surface area contributed by atoms with Crippen LogP contribution in [0.4, 0.5) is 0 Å². The minimum Gasteiger partial charge on any atom is -0.748 e. The maximum atomic E-state index is 10.4. The Kier molecular flexibility index (Phi) is 21.6. The van der Waals surface area contributed by atoms with Crippen LogP contribution in [0.15, 0.2) is 12.2 Å². The quantitative estimate of drug-likeness (QED) is 0.180. The van der Waals surface area contributed by atoms with Crippen molar-refractivity contribution in [1.29, 1.82) is 0 Å². The molecule has 0 aromatic carbocycles. The van der Waals surface area contributed by atoms with Gasteiger partial charge in [-0.1, -0.05) is 83.3 Å². The summed E-state index contributed by atoms with van der Waals surface area (Å²) >= 11 is 0. The van der Waals surface area contributed by atoms with E-state index in [9.17, 15) is 18.1 Å². The zero-order chi connectivity index (χ0) is 18.1. The maximum absolute atomic E-state index is 10.4. The van der Waals surface area contributed by atoms with E-state index in [4.69, 9.17) is 0 Å². The van der Waals surface area contributed by atoms with Crippen molar-refractivity contribution in [2.45, 2.75) is 103 Å². The van der Waals surface area contributed by atoms with Crippen LogP contribution in [0, 0.1) is 0 Å². The van der Waals surface area contributed by atoms with E-state index < -0.39 is 10.1 Å². The third-order valence-electron chi connectivity index (χ3n) is 4.23. The number of aliphatic hydroxyl groups is 1. The van der Waals surface area contributed by atoms with Gasteiger partial charge < -0.3 is 9.66 Å². The van der Waals surface area contributed by atoms with Crippen molar-refractivity contribution in [2.24, 2.45) is 0 Å². The average molecular weight is 385 g/mol. The number of allylic oxidation sites excluding steroid dienone is 1. The third-order valence-corrected chi connectivity index (χ3v) is 5.02. The molecule has 0 saturated carbocycles. The first kappa shape index (κ1) is 27.8. The van der Waals surface area contributed by atoms with E-state index in [1.165, 1.54) is 44.9 Å². The smallest absolute Gasteiger partial charge is 0.748 e. The molecule has 0 fully saturated rings. The Labute approximate surface area is 177 Å². The van der Waals surface area contributed by atoms with E-state index in [0.717, 1.165) is 38.5 Å². The Morgan fingerprint density at radius 1 is 0.880 bits per heavy atom. The van der Waals surface area contributed by atoms with Crippen LogP contribution in [0.5, 0.6) is 0 Å². The molecular weight excluding hydrogens is 347 g/mol. The van der Waals surface area contributed by atoms with E-state index in [-0.39, 0.29) is 41.4 Å². The summed E-state index contributed by atoms with van der Waals surface area (Å²) in [6, 6.07) is 0. The molecule has 0 aromatic rings. The standard InChI is InChI=1S/C19H38O4S.Na/c1-2-3-13-16-19(20)17-14-11-9-7-5-4-6-8-10-12-15-18-24(21,22)23;/h14,17,19-20H,2-13,15-16,18H2,1H3,(H,21,22,23);/q;+1/p-1/b17-14-;/t19-;/m1./s1. The monoisotopic (exact) mass is 384 g/mol. The number of rotatable bonds is 17. The summed E-state index contributed by atoms with van der Waals surface area (Å²) < 4.78 is 31.3. The minimum atomic E-state index is -4.02. The van der Waals surface area contributed by atoms with Gasteiger partial charge in [0.2, 0.25) is 0 Å². The van der Waals surface area contributed by atoms with Crippen LogP contribution in [0.3, 0.4) is 0 Å². The van der Waals surface area contributed by atoms with Crippen molar-refractivity contribution in [3.05, 3.63) is 12.2 Å². The summed E-state index contributed by atoms with van der Waals surface area (Å²) in [6.07, 6.45) is 18.8. The van der Waals surface area contributed by atoms with Crippen LogP contribution in [-0.2, 0) is 10.1 Å². The van der Waals surface area contributed by atoms with Crippen molar-refractivity contribution in [3.63, 3.8) is 0 Å². The van der Waals surface area contributed by atoms with E-state index in [0.29, 0.717) is 6.42 Å². The van der Waals surface area contributed by atoms with Gasteiger partial charge in [0.25, 0.3) is 0 Å². The van der Waals surface area contributed by atoms with E-state index >= 15 is 0 Å². The van der Waals surface area contributed by atoms with Gasteiger partial charge in [-0.25, -0.2) is 8.42 Å². The second kappa shape index (κ2) is 19.4. The van der Waals surface area contributed by atoms with E-state index in [1.807, 2.05) is 6.08 Å². The SMILES string of the molecule is CCCCC[C@@H](O)/C=C\CCCCCCCCCCCS(=O)(=O)[O-].[Na+]. The molecule has 0 rings (SSSR count). The van der Waals surface area contributed by atoms with Gasteiger partial charge in [0.15, 0.2) is 0 Å². The van der Waals surface area contributed by atoms with Crippen LogP contribution >= 0.6 is 0 Å². The van der Waals surface area contributed by atoms with Gasteiger partial charge in [0, 0.05) is 5.75 Å². The largest absolute Gasteiger partial charge is 1.00 e. The zero-order valence-electron chi connectivity index (χ0n) is 16.4. The average Bonchev–Trinajstić information content (AvgIpc) is 2.51. The molecule has 6 heteroatoms. The van der Waals surface area contributed by atoms with Crippen molar-refractivity contribution in [2.75, 3.05) is 5.75 Å². The Morgan fingerprint density at radius 3 is 1.92 bits per heavy atom. The fourth-order valence-corrected chi connectivity index (χ4v) is 3.29. The molecule has 4 nitrogen and oxygen atoms in total. The second-order valence-electron chi connectivity index (χ2n) is 6.72. The molecule has 0 radical (unpaired) electrons. The van der Waals surface area contributed by atoms with Crippen LogP contribution in [0.2, 0.25) is 0 Å². The van der Waals surface area contributed by atoms with E-state index in [1.54, 1.807) is 0 Å². The van der Waals surface area contributed by atoms with Gasteiger partial charge >= 0.3 is 29.6 Å². The summed E-state index contributed by atoms with van der Waals surface area (Å²) in [7, 11) is -4.02. The predicted octanol–water partition coefficient (Wildman–Crippen LogP) is 1.93. The molecule has 0 heterocycles. The molecule has 144 valence electrons. The molecule has 0 unspecified atom stereocenters. The van der Waals surface area contributed by atoms with E-state index in [2.05, 4.69) is 13.0 Å². The summed E-state index contributed by atoms with van der Waals surface area (Å²) in [5.41, 5.74) is 0. The number of hydrogen-bond acceptors (Lipinski definition) is 4. The van der Waals surface area contributed by atoms with Crippen LogP contribution in [0.25, 0.3) is 0 Å². The predicted molar refractivity (Wildman–Crippen MR) is 100 cm³/mol. The Morgan fingerprint density at radius 2 is 1.40 bits per heavy atom. The second-order valence-corrected chi connectivity index (χ2v) is 8.25. The molecule has 0 aliphatic carbocycles. The van der Waals surface area contributed by atoms with Crippen molar-refractivity contribution < 1.29 is 47.6 Å². The van der Waals surface area contributed by atoms with Gasteiger partial charge in [0.05, 0.1) is 16.2 Å². The molecular formula is C19H37NaO4S. The molecule has 0 spiro atoms. The Bertz CT molecular complexity index is 396. The third kappa shape index (κ3) is 24.6. The molecule has 0 amide bonds. The number of hydrogen-bond donors (Lipinski definition) is 1. The van der Waals surface area contributed by atoms with Gasteiger partial charge in [-0.15, -0.1) is 0 Å². The van der Waals surface area contributed by atoms with Gasteiger partial charge in [-0.3, -0.25) is 0 Å². The van der Waals surface area contributed by atoms with Gasteiger partial charge in [-0.2, -0.15) is 0 Å². The summed E-state index contributed by atoms with van der Waals surface area (Å²) in [5.74, 6) is -0.214. The number of unbranched alkanes of at least 4 members (excludes halogenated alkanes) is 11. The van der Waals surface area contributed by atoms with Crippen LogP contribution in [0.1, 0.15) is 96.8 Å². The van der Waals surface area contributed by atoms with Crippen molar-refractivity contribution >= 4 is 10.1 Å². The number of aliphatic hydroxyl groups excluding tert-OH is 1. The normalized spacial score (nSPS) is 13.1. The topological polar surface area (TPSA) is 77.4 Å². The molecule has 0 aliphatic heterocycles. The van der Waals surface area contributed by atoms with Gasteiger partial charge in [-0.05, 0) is 25.7 Å². The molecule has 0 bridgehead atoms. The Hall–Kier alpha value is 0.610. The molecule has 1 atom stereocenters. The molecule has 0 aromatic heterocycles. The molecule has 25 heavy (non-hydrogen) atoms. The molecule has 0 aliphatic rings. The van der Waals surface area contributed by atoms with Crippen molar-refractivity contribution in [1.82, 2.24) is 0 Å². The maximum Gasteiger partial charge on any atom is 1.00 e.